The van der Waals surface area contributed by atoms with Crippen LogP contribution in [0.5, 0.6) is 0 Å². The third-order valence-corrected chi connectivity index (χ3v) is 3.95. The Labute approximate surface area is 121 Å². The van der Waals surface area contributed by atoms with Crippen LogP contribution in [0.25, 0.3) is 0 Å². The molecule has 1 aromatic carbocycles. The Kier molecular flexibility index (Phi) is 3.83. The lowest BCUT2D eigenvalue weighted by atomic mass is 9.90. The van der Waals surface area contributed by atoms with Crippen molar-refractivity contribution >= 4 is 28.1 Å². The Morgan fingerprint density at radius 2 is 2.05 bits per heavy atom. The lowest BCUT2D eigenvalue weighted by molar-refractivity contribution is 0.568. The first-order chi connectivity index (χ1) is 8.77. The molecule has 19 heavy (non-hydrogen) atoms. The first-order valence-electron chi connectivity index (χ1n) is 5.97. The van der Waals surface area contributed by atoms with Crippen LogP contribution in [0.3, 0.4) is 0 Å². The van der Waals surface area contributed by atoms with Gasteiger partial charge >= 0.3 is 0 Å². The summed E-state index contributed by atoms with van der Waals surface area (Å²) in [5, 5.41) is 0.709. The van der Waals surface area contributed by atoms with E-state index in [1.54, 1.807) is 12.1 Å². The molecule has 1 aromatic heterocycles. The molecular weight excluding hydrogens is 283 g/mol. The van der Waals surface area contributed by atoms with Crippen molar-refractivity contribution in [2.24, 2.45) is 0 Å². The Morgan fingerprint density at radius 1 is 1.37 bits per heavy atom. The van der Waals surface area contributed by atoms with E-state index < -0.39 is 5.82 Å². The van der Waals surface area contributed by atoms with Gasteiger partial charge < -0.3 is 5.73 Å². The number of nitrogen functional groups attached to an aromatic ring is 1. The van der Waals surface area contributed by atoms with Crippen molar-refractivity contribution in [1.82, 2.24) is 4.98 Å². The third kappa shape index (κ3) is 3.25. The Morgan fingerprint density at radius 3 is 2.63 bits per heavy atom. The summed E-state index contributed by atoms with van der Waals surface area (Å²) < 4.78 is 13.1. The van der Waals surface area contributed by atoms with E-state index in [4.69, 9.17) is 17.3 Å². The van der Waals surface area contributed by atoms with E-state index in [-0.39, 0.29) is 10.4 Å². The van der Waals surface area contributed by atoms with E-state index in [2.05, 4.69) is 25.8 Å². The zero-order valence-corrected chi connectivity index (χ0v) is 12.7. The molecule has 0 fully saturated rings. The summed E-state index contributed by atoms with van der Waals surface area (Å²) in [6.07, 6.45) is 0.668. The van der Waals surface area contributed by atoms with Gasteiger partial charge in [0.2, 0.25) is 0 Å². The van der Waals surface area contributed by atoms with Crippen LogP contribution in [0.4, 0.5) is 9.52 Å². The van der Waals surface area contributed by atoms with Crippen LogP contribution in [-0.2, 0) is 11.8 Å². The van der Waals surface area contributed by atoms with Crippen molar-refractivity contribution in [3.8, 4) is 0 Å². The largest absolute Gasteiger partial charge is 0.375 e. The molecule has 0 amide bonds. The summed E-state index contributed by atoms with van der Waals surface area (Å²) in [7, 11) is 0. The fourth-order valence-electron chi connectivity index (χ4n) is 1.91. The van der Waals surface area contributed by atoms with Crippen molar-refractivity contribution in [3.63, 3.8) is 0 Å². The average Bonchev–Trinajstić information content (AvgIpc) is 2.65. The average molecular weight is 299 g/mol. The van der Waals surface area contributed by atoms with Crippen molar-refractivity contribution in [2.75, 3.05) is 5.73 Å². The molecule has 0 saturated carbocycles. The highest BCUT2D eigenvalue weighted by atomic mass is 35.5. The Balaban J connectivity index is 2.35. The molecule has 0 aliphatic rings. The topological polar surface area (TPSA) is 38.9 Å². The minimum Gasteiger partial charge on any atom is -0.375 e. The van der Waals surface area contributed by atoms with E-state index >= 15 is 0 Å². The van der Waals surface area contributed by atoms with Crippen molar-refractivity contribution in [2.45, 2.75) is 32.6 Å². The predicted octanol–water partition coefficient (Wildman–Crippen LogP) is 4.41. The van der Waals surface area contributed by atoms with Crippen molar-refractivity contribution in [1.29, 1.82) is 0 Å². The predicted molar refractivity (Wildman–Crippen MR) is 79.4 cm³/mol. The lowest BCUT2D eigenvalue weighted by Gasteiger charge is -2.17. The van der Waals surface area contributed by atoms with Crippen LogP contribution in [0, 0.1) is 5.82 Å². The molecule has 102 valence electrons. The van der Waals surface area contributed by atoms with Crippen LogP contribution < -0.4 is 5.73 Å². The Bertz CT molecular complexity index is 602. The molecule has 0 aliphatic carbocycles. The third-order valence-electron chi connectivity index (χ3n) is 2.77. The fraction of sp³-hybridized carbons (Fsp3) is 0.357. The highest BCUT2D eigenvalue weighted by molar-refractivity contribution is 7.15. The smallest absolute Gasteiger partial charge is 0.180 e. The molecule has 2 rings (SSSR count). The van der Waals surface area contributed by atoms with Crippen LogP contribution >= 0.6 is 22.9 Å². The number of rotatable bonds is 2. The van der Waals surface area contributed by atoms with Crippen LogP contribution in [0.1, 0.15) is 36.9 Å². The monoisotopic (exact) mass is 298 g/mol. The molecule has 0 atom stereocenters. The van der Waals surface area contributed by atoms with Crippen molar-refractivity contribution in [3.05, 3.63) is 45.2 Å². The summed E-state index contributed by atoms with van der Waals surface area (Å²) in [4.78, 5) is 5.51. The molecule has 2 nitrogen and oxygen atoms in total. The molecule has 0 unspecified atom stereocenters. The van der Waals surface area contributed by atoms with Gasteiger partial charge in [-0.3, -0.25) is 0 Å². The second-order valence-corrected chi connectivity index (χ2v) is 7.02. The number of nitrogens with zero attached hydrogens (tertiary/aromatic N) is 1. The molecule has 0 bridgehead atoms. The van der Waals surface area contributed by atoms with Crippen molar-refractivity contribution < 1.29 is 4.39 Å². The number of anilines is 1. The second kappa shape index (κ2) is 5.10. The number of nitrogens with two attached hydrogens (primary N) is 1. The molecule has 0 radical (unpaired) electrons. The number of thiazole rings is 1. The molecular formula is C14H16ClFN2S. The van der Waals surface area contributed by atoms with Gasteiger partial charge in [-0.05, 0) is 17.7 Å². The maximum Gasteiger partial charge on any atom is 0.180 e. The fourth-order valence-corrected chi connectivity index (χ4v) is 3.19. The standard InChI is InChI=1S/C14H16ClFN2S/c1-14(2,3)12-11(19-13(17)18-12)7-8-4-5-10(16)9(15)6-8/h4-6H,7H2,1-3H3,(H2,17,18). The first kappa shape index (κ1) is 14.3. The Hall–Kier alpha value is -1.13. The van der Waals surface area contributed by atoms with Gasteiger partial charge in [0.05, 0.1) is 10.7 Å². The summed E-state index contributed by atoms with van der Waals surface area (Å²) in [6, 6.07) is 4.78. The number of halogens is 2. The summed E-state index contributed by atoms with van der Waals surface area (Å²) >= 11 is 7.28. The van der Waals surface area contributed by atoms with Gasteiger partial charge in [0, 0.05) is 16.7 Å². The molecule has 5 heteroatoms. The number of aromatic nitrogens is 1. The molecule has 2 aromatic rings. The molecule has 2 N–H and O–H groups in total. The normalized spacial score (nSPS) is 11.8. The van der Waals surface area contributed by atoms with E-state index in [0.717, 1.165) is 16.1 Å². The molecule has 1 heterocycles. The molecule has 0 aliphatic heterocycles. The zero-order chi connectivity index (χ0) is 14.2. The number of benzene rings is 1. The van der Waals surface area contributed by atoms with Gasteiger partial charge in [0.25, 0.3) is 0 Å². The van der Waals surface area contributed by atoms with E-state index in [9.17, 15) is 4.39 Å². The van der Waals surface area contributed by atoms with Gasteiger partial charge in [-0.15, -0.1) is 11.3 Å². The van der Waals surface area contributed by atoms with E-state index in [0.29, 0.717) is 11.6 Å². The quantitative estimate of drug-likeness (QED) is 0.892. The summed E-state index contributed by atoms with van der Waals surface area (Å²) in [5.74, 6) is -0.398. The summed E-state index contributed by atoms with van der Waals surface area (Å²) in [6.45, 7) is 6.30. The minimum absolute atomic E-state index is 0.0622. The summed E-state index contributed by atoms with van der Waals surface area (Å²) in [5.41, 5.74) is 7.70. The van der Waals surface area contributed by atoms with E-state index in [1.165, 1.54) is 17.4 Å². The van der Waals surface area contributed by atoms with Gasteiger partial charge in [-0.1, -0.05) is 38.4 Å². The maximum absolute atomic E-state index is 13.1. The molecule has 0 spiro atoms. The number of hydrogen-bond acceptors (Lipinski definition) is 3. The van der Waals surface area contributed by atoms with Crippen LogP contribution in [0.2, 0.25) is 5.02 Å². The highest BCUT2D eigenvalue weighted by Crippen LogP contribution is 2.32. The number of hydrogen-bond donors (Lipinski definition) is 1. The van der Waals surface area contributed by atoms with Gasteiger partial charge in [0.1, 0.15) is 5.82 Å². The second-order valence-electron chi connectivity index (χ2n) is 5.50. The first-order valence-corrected chi connectivity index (χ1v) is 7.16. The van der Waals surface area contributed by atoms with Crippen LogP contribution in [0.15, 0.2) is 18.2 Å². The van der Waals surface area contributed by atoms with Gasteiger partial charge in [-0.25, -0.2) is 9.37 Å². The minimum atomic E-state index is -0.398. The SMILES string of the molecule is CC(C)(C)c1nc(N)sc1Cc1ccc(F)c(Cl)c1. The highest BCUT2D eigenvalue weighted by Gasteiger charge is 2.22. The zero-order valence-electron chi connectivity index (χ0n) is 11.1. The van der Waals surface area contributed by atoms with Gasteiger partial charge in [0.15, 0.2) is 5.13 Å². The lowest BCUT2D eigenvalue weighted by Crippen LogP contribution is -2.14. The van der Waals surface area contributed by atoms with E-state index in [1.807, 2.05) is 0 Å². The van der Waals surface area contributed by atoms with Crippen LogP contribution in [-0.4, -0.2) is 4.98 Å². The molecule has 0 saturated heterocycles. The maximum atomic E-state index is 13.1. The van der Waals surface area contributed by atoms with Gasteiger partial charge in [-0.2, -0.15) is 0 Å².